The number of nitrogens with one attached hydrogen (secondary N) is 1. The molecule has 0 saturated carbocycles. The van der Waals surface area contributed by atoms with Gasteiger partial charge in [-0.2, -0.15) is 11.3 Å². The second-order valence-electron chi connectivity index (χ2n) is 5.95. The summed E-state index contributed by atoms with van der Waals surface area (Å²) >= 11 is 1.67. The molecular formula is C17H19N5OS. The van der Waals surface area contributed by atoms with Crippen LogP contribution in [0, 0.1) is 5.92 Å². The Balaban J connectivity index is 1.40. The quantitative estimate of drug-likeness (QED) is 0.772. The second kappa shape index (κ2) is 7.21. The lowest BCUT2D eigenvalue weighted by Gasteiger charge is -2.14. The summed E-state index contributed by atoms with van der Waals surface area (Å²) in [4.78, 5) is 4.04. The zero-order valence-electron chi connectivity index (χ0n) is 13.3. The van der Waals surface area contributed by atoms with Crippen molar-refractivity contribution < 1.29 is 4.74 Å². The number of fused-ring (bicyclic) bond motifs is 1. The summed E-state index contributed by atoms with van der Waals surface area (Å²) < 4.78 is 7.88. The fourth-order valence-electron chi connectivity index (χ4n) is 2.91. The van der Waals surface area contributed by atoms with Crippen LogP contribution in [0.2, 0.25) is 0 Å². The first-order valence-electron chi connectivity index (χ1n) is 8.02. The minimum absolute atomic E-state index is 0.380. The summed E-state index contributed by atoms with van der Waals surface area (Å²) in [5.74, 6) is 0.380. The molecule has 0 aromatic carbocycles. The normalized spacial score (nSPS) is 17.4. The standard InChI is InChI=1S/C17H19N5OS/c1-4-18-5-2-13(1)7-19-8-14-9-22-16(11-23-10-14)17(20-21-22)15-3-6-24-12-15/h1-6,12,14,19H,7-11H2/t14-/m1/s1. The van der Waals surface area contributed by atoms with Crippen LogP contribution in [0.15, 0.2) is 41.4 Å². The lowest BCUT2D eigenvalue weighted by Crippen LogP contribution is -2.28. The van der Waals surface area contributed by atoms with Crippen molar-refractivity contribution in [2.75, 3.05) is 13.2 Å². The molecule has 0 aliphatic carbocycles. The fourth-order valence-corrected chi connectivity index (χ4v) is 3.55. The first-order chi connectivity index (χ1) is 11.9. The molecule has 0 radical (unpaired) electrons. The monoisotopic (exact) mass is 341 g/mol. The van der Waals surface area contributed by atoms with Crippen LogP contribution < -0.4 is 5.32 Å². The molecule has 0 bridgehead atoms. The van der Waals surface area contributed by atoms with Gasteiger partial charge in [0.05, 0.1) is 18.9 Å². The molecule has 3 aromatic rings. The highest BCUT2D eigenvalue weighted by Crippen LogP contribution is 2.26. The Morgan fingerprint density at radius 3 is 3.04 bits per heavy atom. The Hall–Kier alpha value is -2.09. The molecule has 4 heterocycles. The molecule has 124 valence electrons. The number of hydrogen-bond donors (Lipinski definition) is 1. The molecule has 6 nitrogen and oxygen atoms in total. The highest BCUT2D eigenvalue weighted by Gasteiger charge is 2.22. The number of pyridine rings is 1. The second-order valence-corrected chi connectivity index (χ2v) is 6.73. The van der Waals surface area contributed by atoms with Crippen LogP contribution in [-0.4, -0.2) is 33.1 Å². The lowest BCUT2D eigenvalue weighted by atomic mass is 10.1. The molecule has 1 aliphatic heterocycles. The van der Waals surface area contributed by atoms with Gasteiger partial charge in [-0.25, -0.2) is 4.68 Å². The van der Waals surface area contributed by atoms with Gasteiger partial charge in [-0.1, -0.05) is 5.21 Å². The van der Waals surface area contributed by atoms with E-state index >= 15 is 0 Å². The molecule has 4 rings (SSSR count). The van der Waals surface area contributed by atoms with Crippen LogP contribution in [0.3, 0.4) is 0 Å². The highest BCUT2D eigenvalue weighted by atomic mass is 32.1. The maximum absolute atomic E-state index is 5.89. The van der Waals surface area contributed by atoms with Gasteiger partial charge in [0.15, 0.2) is 0 Å². The van der Waals surface area contributed by atoms with Crippen LogP contribution in [-0.2, 0) is 24.4 Å². The van der Waals surface area contributed by atoms with Crippen LogP contribution in [0.1, 0.15) is 11.3 Å². The first-order valence-corrected chi connectivity index (χ1v) is 8.97. The molecular weight excluding hydrogens is 322 g/mol. The van der Waals surface area contributed by atoms with E-state index < -0.39 is 0 Å². The zero-order chi connectivity index (χ0) is 16.2. The van der Waals surface area contributed by atoms with Gasteiger partial charge in [-0.15, -0.1) is 5.10 Å². The molecule has 0 amide bonds. The van der Waals surface area contributed by atoms with Crippen LogP contribution >= 0.6 is 11.3 Å². The summed E-state index contributed by atoms with van der Waals surface area (Å²) in [5, 5.41) is 16.4. The van der Waals surface area contributed by atoms with Gasteiger partial charge < -0.3 is 10.1 Å². The van der Waals surface area contributed by atoms with Crippen molar-refractivity contribution in [3.63, 3.8) is 0 Å². The lowest BCUT2D eigenvalue weighted by molar-refractivity contribution is 0.0942. The predicted molar refractivity (Wildman–Crippen MR) is 92.4 cm³/mol. The number of nitrogens with zero attached hydrogens (tertiary/aromatic N) is 4. The van der Waals surface area contributed by atoms with Crippen molar-refractivity contribution in [3.05, 3.63) is 52.6 Å². The Labute approximate surface area is 144 Å². The molecule has 1 aliphatic rings. The topological polar surface area (TPSA) is 64.9 Å². The third-order valence-electron chi connectivity index (χ3n) is 4.17. The molecule has 3 aromatic heterocycles. The smallest absolute Gasteiger partial charge is 0.119 e. The third kappa shape index (κ3) is 3.38. The highest BCUT2D eigenvalue weighted by molar-refractivity contribution is 7.08. The number of hydrogen-bond acceptors (Lipinski definition) is 6. The van der Waals surface area contributed by atoms with Gasteiger partial charge in [0.1, 0.15) is 5.69 Å². The van der Waals surface area contributed by atoms with Crippen molar-refractivity contribution in [1.82, 2.24) is 25.3 Å². The van der Waals surface area contributed by atoms with E-state index in [4.69, 9.17) is 4.74 Å². The average molecular weight is 341 g/mol. The third-order valence-corrected chi connectivity index (χ3v) is 4.85. The van der Waals surface area contributed by atoms with Crippen molar-refractivity contribution >= 4 is 11.3 Å². The zero-order valence-corrected chi connectivity index (χ0v) is 14.1. The van der Waals surface area contributed by atoms with Gasteiger partial charge in [-0.05, 0) is 29.1 Å². The van der Waals surface area contributed by atoms with Gasteiger partial charge >= 0.3 is 0 Å². The molecule has 0 fully saturated rings. The summed E-state index contributed by atoms with van der Waals surface area (Å²) in [6.07, 6.45) is 3.64. The average Bonchev–Trinajstić information content (AvgIpc) is 3.22. The Morgan fingerprint density at radius 2 is 2.21 bits per heavy atom. The van der Waals surface area contributed by atoms with Crippen molar-refractivity contribution in [2.24, 2.45) is 5.92 Å². The minimum Gasteiger partial charge on any atom is -0.375 e. The van der Waals surface area contributed by atoms with Gasteiger partial charge in [-0.3, -0.25) is 4.98 Å². The van der Waals surface area contributed by atoms with Crippen LogP contribution in [0.4, 0.5) is 0 Å². The number of thiophene rings is 1. The Bertz CT molecular complexity index is 772. The number of aromatic nitrogens is 4. The van der Waals surface area contributed by atoms with E-state index in [1.807, 2.05) is 29.2 Å². The molecule has 1 atom stereocenters. The number of rotatable bonds is 5. The molecule has 0 spiro atoms. The summed E-state index contributed by atoms with van der Waals surface area (Å²) in [7, 11) is 0. The Kier molecular flexibility index (Phi) is 4.64. The van der Waals surface area contributed by atoms with Crippen molar-refractivity contribution in [2.45, 2.75) is 19.7 Å². The summed E-state index contributed by atoms with van der Waals surface area (Å²) in [6.45, 7) is 3.85. The molecule has 24 heavy (non-hydrogen) atoms. The van der Waals surface area contributed by atoms with E-state index in [-0.39, 0.29) is 0 Å². The molecule has 7 heteroatoms. The Morgan fingerprint density at radius 1 is 1.29 bits per heavy atom. The van der Waals surface area contributed by atoms with E-state index in [9.17, 15) is 0 Å². The molecule has 0 unspecified atom stereocenters. The number of ether oxygens (including phenoxy) is 1. The van der Waals surface area contributed by atoms with E-state index in [1.54, 1.807) is 11.3 Å². The minimum atomic E-state index is 0.380. The van der Waals surface area contributed by atoms with Gasteiger partial charge in [0.25, 0.3) is 0 Å². The van der Waals surface area contributed by atoms with Crippen molar-refractivity contribution in [3.8, 4) is 11.3 Å². The predicted octanol–water partition coefficient (Wildman–Crippen LogP) is 2.34. The van der Waals surface area contributed by atoms with E-state index in [2.05, 4.69) is 37.4 Å². The SMILES string of the molecule is c1cc(CNC[C@H]2COCc3c(-c4ccsc4)nnn3C2)ccn1. The van der Waals surface area contributed by atoms with Gasteiger partial charge in [0.2, 0.25) is 0 Å². The fraction of sp³-hybridized carbons (Fsp3) is 0.353. The summed E-state index contributed by atoms with van der Waals surface area (Å²) in [5.41, 5.74) is 4.38. The largest absolute Gasteiger partial charge is 0.375 e. The first kappa shape index (κ1) is 15.4. The van der Waals surface area contributed by atoms with Crippen LogP contribution in [0.25, 0.3) is 11.3 Å². The van der Waals surface area contributed by atoms with E-state index in [0.717, 1.165) is 43.2 Å². The maximum Gasteiger partial charge on any atom is 0.119 e. The van der Waals surface area contributed by atoms with Crippen LogP contribution in [0.5, 0.6) is 0 Å². The van der Waals surface area contributed by atoms with Crippen molar-refractivity contribution in [1.29, 1.82) is 0 Å². The van der Waals surface area contributed by atoms with E-state index in [1.165, 1.54) is 5.56 Å². The molecule has 0 saturated heterocycles. The van der Waals surface area contributed by atoms with E-state index in [0.29, 0.717) is 12.5 Å². The molecule has 1 N–H and O–H groups in total. The summed E-state index contributed by atoms with van der Waals surface area (Å²) in [6, 6.07) is 6.13. The maximum atomic E-state index is 5.89. The van der Waals surface area contributed by atoms with Gasteiger partial charge in [0, 0.05) is 48.9 Å².